The van der Waals surface area contributed by atoms with Gasteiger partial charge in [0.1, 0.15) is 11.6 Å². The topological polar surface area (TPSA) is 66.9 Å². The van der Waals surface area contributed by atoms with Crippen LogP contribution < -0.4 is 4.74 Å². The number of carbonyl (C=O) groups is 1. The molecule has 0 spiro atoms. The zero-order valence-electron chi connectivity index (χ0n) is 16.8. The first-order chi connectivity index (χ1) is 14.4. The molecule has 160 valence electrons. The Morgan fingerprint density at radius 3 is 2.23 bits per heavy atom. The van der Waals surface area contributed by atoms with Crippen molar-refractivity contribution in [3.05, 3.63) is 59.9 Å². The van der Waals surface area contributed by atoms with Gasteiger partial charge in [0.15, 0.2) is 0 Å². The number of carbonyl (C=O) groups excluding carboxylic acids is 1. The van der Waals surface area contributed by atoms with Crippen LogP contribution in [0.5, 0.6) is 5.75 Å². The molecule has 2 heterocycles. The lowest BCUT2D eigenvalue weighted by Crippen LogP contribution is -2.37. The van der Waals surface area contributed by atoms with Crippen LogP contribution in [0.4, 0.5) is 4.39 Å². The van der Waals surface area contributed by atoms with Gasteiger partial charge in [0, 0.05) is 32.1 Å². The third-order valence-corrected chi connectivity index (χ3v) is 7.86. The Bertz CT molecular complexity index is 1000. The predicted molar refractivity (Wildman–Crippen MR) is 110 cm³/mol. The van der Waals surface area contributed by atoms with Crippen LogP contribution in [-0.2, 0) is 14.8 Å². The van der Waals surface area contributed by atoms with Crippen molar-refractivity contribution in [2.24, 2.45) is 5.92 Å². The monoisotopic (exact) mass is 432 g/mol. The molecule has 0 aromatic heterocycles. The van der Waals surface area contributed by atoms with Crippen LogP contribution >= 0.6 is 0 Å². The standard InChI is InChI=1S/C22H25FN2O4S/c1-29-18-8-10-19(11-9-18)30(27,28)25-14-20(16-4-6-17(23)7-5-16)21(15-25)22(26)24-12-2-3-13-24/h4-11,20-21H,2-3,12-15H2,1H3. The van der Waals surface area contributed by atoms with Crippen LogP contribution in [0.25, 0.3) is 0 Å². The number of hydrogen-bond donors (Lipinski definition) is 0. The maximum atomic E-state index is 13.4. The molecule has 0 aliphatic carbocycles. The van der Waals surface area contributed by atoms with Gasteiger partial charge in [0.2, 0.25) is 15.9 Å². The second-order valence-corrected chi connectivity index (χ2v) is 9.73. The number of amides is 1. The van der Waals surface area contributed by atoms with Gasteiger partial charge in [-0.05, 0) is 54.8 Å². The van der Waals surface area contributed by atoms with E-state index in [9.17, 15) is 17.6 Å². The molecule has 0 radical (unpaired) electrons. The quantitative estimate of drug-likeness (QED) is 0.729. The number of ether oxygens (including phenoxy) is 1. The van der Waals surface area contributed by atoms with Gasteiger partial charge in [0.25, 0.3) is 0 Å². The van der Waals surface area contributed by atoms with E-state index in [1.165, 1.54) is 35.7 Å². The summed E-state index contributed by atoms with van der Waals surface area (Å²) in [4.78, 5) is 15.2. The van der Waals surface area contributed by atoms with E-state index in [2.05, 4.69) is 0 Å². The predicted octanol–water partition coefficient (Wildman–Crippen LogP) is 2.86. The minimum atomic E-state index is -3.77. The van der Waals surface area contributed by atoms with Gasteiger partial charge < -0.3 is 9.64 Å². The summed E-state index contributed by atoms with van der Waals surface area (Å²) in [5.74, 6) is -0.605. The summed E-state index contributed by atoms with van der Waals surface area (Å²) in [7, 11) is -2.25. The summed E-state index contributed by atoms with van der Waals surface area (Å²) in [6.07, 6.45) is 1.93. The molecular formula is C22H25FN2O4S. The van der Waals surface area contributed by atoms with Crippen molar-refractivity contribution in [2.75, 3.05) is 33.3 Å². The maximum absolute atomic E-state index is 13.4. The van der Waals surface area contributed by atoms with Crippen molar-refractivity contribution in [3.63, 3.8) is 0 Å². The summed E-state index contributed by atoms with van der Waals surface area (Å²) in [6.45, 7) is 1.71. The van der Waals surface area contributed by atoms with Crippen molar-refractivity contribution >= 4 is 15.9 Å². The molecular weight excluding hydrogens is 407 g/mol. The molecule has 0 N–H and O–H groups in total. The third kappa shape index (κ3) is 3.94. The van der Waals surface area contributed by atoms with E-state index in [1.54, 1.807) is 24.3 Å². The van der Waals surface area contributed by atoms with Gasteiger partial charge in [-0.3, -0.25) is 4.79 Å². The number of sulfonamides is 1. The molecule has 1 amide bonds. The molecule has 2 fully saturated rings. The Morgan fingerprint density at radius 1 is 1.00 bits per heavy atom. The zero-order chi connectivity index (χ0) is 21.3. The van der Waals surface area contributed by atoms with Gasteiger partial charge in [-0.15, -0.1) is 0 Å². The Morgan fingerprint density at radius 2 is 1.63 bits per heavy atom. The fourth-order valence-electron chi connectivity index (χ4n) is 4.33. The Balaban J connectivity index is 1.64. The van der Waals surface area contributed by atoms with Crippen LogP contribution in [0.2, 0.25) is 0 Å². The van der Waals surface area contributed by atoms with Gasteiger partial charge in [-0.2, -0.15) is 4.31 Å². The Kier molecular flexibility index (Phi) is 5.79. The molecule has 2 unspecified atom stereocenters. The smallest absolute Gasteiger partial charge is 0.243 e. The number of rotatable bonds is 5. The lowest BCUT2D eigenvalue weighted by atomic mass is 9.88. The van der Waals surface area contributed by atoms with E-state index in [0.717, 1.165) is 18.4 Å². The second kappa shape index (κ2) is 8.35. The highest BCUT2D eigenvalue weighted by Crippen LogP contribution is 2.37. The van der Waals surface area contributed by atoms with Gasteiger partial charge in [0.05, 0.1) is 17.9 Å². The van der Waals surface area contributed by atoms with Crippen LogP contribution in [0.15, 0.2) is 53.4 Å². The molecule has 2 aromatic rings. The normalized spacial score (nSPS) is 22.4. The average Bonchev–Trinajstić information content (AvgIpc) is 3.44. The fraction of sp³-hybridized carbons (Fsp3) is 0.409. The zero-order valence-corrected chi connectivity index (χ0v) is 17.6. The molecule has 2 aliphatic rings. The minimum absolute atomic E-state index is 0.0192. The molecule has 2 saturated heterocycles. The van der Waals surface area contributed by atoms with E-state index in [4.69, 9.17) is 4.74 Å². The van der Waals surface area contributed by atoms with E-state index < -0.39 is 15.9 Å². The summed E-state index contributed by atoms with van der Waals surface area (Å²) < 4.78 is 46.4. The van der Waals surface area contributed by atoms with E-state index >= 15 is 0 Å². The van der Waals surface area contributed by atoms with Crippen LogP contribution in [0, 0.1) is 11.7 Å². The van der Waals surface area contributed by atoms with Crippen LogP contribution in [-0.4, -0.2) is 56.8 Å². The molecule has 0 bridgehead atoms. The van der Waals surface area contributed by atoms with Crippen molar-refractivity contribution in [2.45, 2.75) is 23.7 Å². The summed E-state index contributed by atoms with van der Waals surface area (Å²) in [6, 6.07) is 12.2. The number of methoxy groups -OCH3 is 1. The molecule has 0 saturated carbocycles. The summed E-state index contributed by atoms with van der Waals surface area (Å²) >= 11 is 0. The highest BCUT2D eigenvalue weighted by Gasteiger charge is 2.45. The molecule has 8 heteroatoms. The third-order valence-electron chi connectivity index (χ3n) is 6.02. The number of nitrogens with zero attached hydrogens (tertiary/aromatic N) is 2. The maximum Gasteiger partial charge on any atom is 0.243 e. The highest BCUT2D eigenvalue weighted by molar-refractivity contribution is 7.89. The second-order valence-electron chi connectivity index (χ2n) is 7.79. The SMILES string of the molecule is COc1ccc(S(=O)(=O)N2CC(C(=O)N3CCCC3)C(c3ccc(F)cc3)C2)cc1. The Labute approximate surface area is 176 Å². The lowest BCUT2D eigenvalue weighted by molar-refractivity contribution is -0.134. The molecule has 6 nitrogen and oxygen atoms in total. The number of hydrogen-bond acceptors (Lipinski definition) is 4. The molecule has 2 aliphatic heterocycles. The van der Waals surface area contributed by atoms with Crippen molar-refractivity contribution in [3.8, 4) is 5.75 Å². The fourth-order valence-corrected chi connectivity index (χ4v) is 5.82. The van der Waals surface area contributed by atoms with Crippen molar-refractivity contribution < 1.29 is 22.3 Å². The molecule has 30 heavy (non-hydrogen) atoms. The van der Waals surface area contributed by atoms with Crippen LogP contribution in [0.3, 0.4) is 0 Å². The molecule has 2 atom stereocenters. The number of benzene rings is 2. The van der Waals surface area contributed by atoms with Crippen molar-refractivity contribution in [1.29, 1.82) is 0 Å². The number of halogens is 1. The van der Waals surface area contributed by atoms with Gasteiger partial charge in [-0.1, -0.05) is 12.1 Å². The van der Waals surface area contributed by atoms with Gasteiger partial charge >= 0.3 is 0 Å². The average molecular weight is 433 g/mol. The molecule has 4 rings (SSSR count). The van der Waals surface area contributed by atoms with Crippen LogP contribution in [0.1, 0.15) is 24.3 Å². The first-order valence-corrected chi connectivity index (χ1v) is 11.5. The minimum Gasteiger partial charge on any atom is -0.497 e. The number of likely N-dealkylation sites (tertiary alicyclic amines) is 1. The van der Waals surface area contributed by atoms with Gasteiger partial charge in [-0.25, -0.2) is 12.8 Å². The highest BCUT2D eigenvalue weighted by atomic mass is 32.2. The van der Waals surface area contributed by atoms with E-state index in [-0.39, 0.29) is 35.6 Å². The van der Waals surface area contributed by atoms with E-state index in [0.29, 0.717) is 18.8 Å². The summed E-state index contributed by atoms with van der Waals surface area (Å²) in [5, 5.41) is 0. The first kappa shape index (κ1) is 20.8. The Hall–Kier alpha value is -2.45. The first-order valence-electron chi connectivity index (χ1n) is 10.1. The lowest BCUT2D eigenvalue weighted by Gasteiger charge is -2.24. The molecule has 2 aromatic carbocycles. The van der Waals surface area contributed by atoms with E-state index in [1.807, 2.05) is 4.90 Å². The largest absolute Gasteiger partial charge is 0.497 e. The summed E-state index contributed by atoms with van der Waals surface area (Å²) in [5.41, 5.74) is 0.779. The van der Waals surface area contributed by atoms with Crippen molar-refractivity contribution in [1.82, 2.24) is 9.21 Å².